The molecule has 0 saturated carbocycles. The molecule has 0 spiro atoms. The summed E-state index contributed by atoms with van der Waals surface area (Å²) in [6.45, 7) is 0.295. The minimum atomic E-state index is -0.563. The second-order valence-corrected chi connectivity index (χ2v) is 3.94. The predicted octanol–water partition coefficient (Wildman–Crippen LogP) is 1.91. The van der Waals surface area contributed by atoms with Crippen molar-refractivity contribution >= 4 is 17.6 Å². The zero-order valence-electron chi connectivity index (χ0n) is 9.43. The Balaban J connectivity index is 2.18. The summed E-state index contributed by atoms with van der Waals surface area (Å²) in [5, 5.41) is 7.71. The number of aromatic nitrogens is 3. The molecule has 0 atom stereocenters. The fourth-order valence-corrected chi connectivity index (χ4v) is 1.63. The molecule has 1 aromatic heterocycles. The molecule has 0 bridgehead atoms. The van der Waals surface area contributed by atoms with Gasteiger partial charge in [0.2, 0.25) is 0 Å². The van der Waals surface area contributed by atoms with Crippen LogP contribution in [0.4, 0.5) is 4.39 Å². The number of methoxy groups -OCH3 is 1. The Hall–Kier alpha value is -1.95. The lowest BCUT2D eigenvalue weighted by Gasteiger charge is -2.03. The molecule has 0 unspecified atom stereocenters. The first-order valence-corrected chi connectivity index (χ1v) is 5.40. The summed E-state index contributed by atoms with van der Waals surface area (Å²) < 4.78 is 18.8. The molecule has 0 aliphatic rings. The largest absolute Gasteiger partial charge is 0.464 e. The van der Waals surface area contributed by atoms with Gasteiger partial charge in [0.15, 0.2) is 5.69 Å². The van der Waals surface area contributed by atoms with Crippen molar-refractivity contribution in [1.29, 1.82) is 0 Å². The van der Waals surface area contributed by atoms with Gasteiger partial charge in [-0.2, -0.15) is 0 Å². The molecule has 94 valence electrons. The highest BCUT2D eigenvalue weighted by molar-refractivity contribution is 6.31. The molecule has 1 aromatic carbocycles. The fraction of sp³-hybridized carbons (Fsp3) is 0.182. The van der Waals surface area contributed by atoms with Gasteiger partial charge in [-0.25, -0.2) is 13.9 Å². The average Bonchev–Trinajstić information content (AvgIpc) is 2.80. The summed E-state index contributed by atoms with van der Waals surface area (Å²) in [4.78, 5) is 11.2. The first-order valence-electron chi connectivity index (χ1n) is 5.02. The van der Waals surface area contributed by atoms with Gasteiger partial charge in [0.05, 0.1) is 19.9 Å². The van der Waals surface area contributed by atoms with Crippen molar-refractivity contribution in [3.8, 4) is 0 Å². The molecule has 7 heteroatoms. The van der Waals surface area contributed by atoms with Gasteiger partial charge in [0, 0.05) is 5.02 Å². The van der Waals surface area contributed by atoms with Crippen LogP contribution in [0.15, 0.2) is 24.4 Å². The summed E-state index contributed by atoms with van der Waals surface area (Å²) in [7, 11) is 1.26. The Morgan fingerprint density at radius 2 is 2.33 bits per heavy atom. The minimum absolute atomic E-state index is 0.107. The molecule has 2 rings (SSSR count). The highest BCUT2D eigenvalue weighted by Gasteiger charge is 2.11. The molecule has 5 nitrogen and oxygen atoms in total. The highest BCUT2D eigenvalue weighted by Crippen LogP contribution is 2.18. The number of benzene rings is 1. The van der Waals surface area contributed by atoms with Crippen molar-refractivity contribution in [3.05, 3.63) is 46.5 Å². The topological polar surface area (TPSA) is 57.0 Å². The Labute approximate surface area is 107 Å². The molecular weight excluding hydrogens is 261 g/mol. The van der Waals surface area contributed by atoms with Crippen LogP contribution >= 0.6 is 11.6 Å². The maximum Gasteiger partial charge on any atom is 0.360 e. The molecule has 0 radical (unpaired) electrons. The van der Waals surface area contributed by atoms with E-state index in [0.29, 0.717) is 17.1 Å². The lowest BCUT2D eigenvalue weighted by Crippen LogP contribution is -2.02. The molecule has 0 aliphatic heterocycles. The van der Waals surface area contributed by atoms with Crippen LogP contribution in [0.25, 0.3) is 0 Å². The molecular formula is C11H9ClFN3O2. The molecule has 0 aliphatic carbocycles. The van der Waals surface area contributed by atoms with Gasteiger partial charge < -0.3 is 4.74 Å². The number of ether oxygens (including phenoxy) is 1. The van der Waals surface area contributed by atoms with E-state index in [9.17, 15) is 9.18 Å². The van der Waals surface area contributed by atoms with E-state index in [0.717, 1.165) is 0 Å². The third-order valence-corrected chi connectivity index (χ3v) is 2.63. The van der Waals surface area contributed by atoms with Crippen molar-refractivity contribution in [2.75, 3.05) is 7.11 Å². The fourth-order valence-electron chi connectivity index (χ4n) is 1.40. The predicted molar refractivity (Wildman–Crippen MR) is 61.9 cm³/mol. The third-order valence-electron chi connectivity index (χ3n) is 2.28. The number of rotatable bonds is 3. The summed E-state index contributed by atoms with van der Waals surface area (Å²) in [6, 6.07) is 4.07. The van der Waals surface area contributed by atoms with Crippen molar-refractivity contribution in [2.24, 2.45) is 0 Å². The molecule has 0 saturated heterocycles. The van der Waals surface area contributed by atoms with Crippen molar-refractivity contribution in [2.45, 2.75) is 6.54 Å². The molecule has 0 N–H and O–H groups in total. The quantitative estimate of drug-likeness (QED) is 0.799. The van der Waals surface area contributed by atoms with Gasteiger partial charge in [0.25, 0.3) is 0 Å². The van der Waals surface area contributed by atoms with Gasteiger partial charge in [-0.15, -0.1) is 5.10 Å². The van der Waals surface area contributed by atoms with E-state index in [1.165, 1.54) is 30.1 Å². The number of carbonyl (C=O) groups is 1. The van der Waals surface area contributed by atoms with Crippen LogP contribution in [0, 0.1) is 5.82 Å². The zero-order chi connectivity index (χ0) is 13.1. The summed E-state index contributed by atoms with van der Waals surface area (Å²) in [5.74, 6) is -0.968. The smallest absolute Gasteiger partial charge is 0.360 e. The van der Waals surface area contributed by atoms with Crippen LogP contribution in [-0.4, -0.2) is 28.1 Å². The number of carbonyl (C=O) groups excluding carboxylic acids is 1. The maximum atomic E-state index is 12.9. The monoisotopic (exact) mass is 269 g/mol. The van der Waals surface area contributed by atoms with Gasteiger partial charge in [-0.1, -0.05) is 22.9 Å². The van der Waals surface area contributed by atoms with E-state index >= 15 is 0 Å². The standard InChI is InChI=1S/C11H9ClFN3O2/c1-18-11(17)10-6-16(15-14-10)5-7-2-3-8(13)4-9(7)12/h2-4,6H,5H2,1H3. The van der Waals surface area contributed by atoms with Gasteiger partial charge in [0.1, 0.15) is 5.82 Å². The summed E-state index contributed by atoms with van der Waals surface area (Å²) in [5.41, 5.74) is 0.787. The number of hydrogen-bond acceptors (Lipinski definition) is 4. The van der Waals surface area contributed by atoms with Crippen LogP contribution in [0.3, 0.4) is 0 Å². The van der Waals surface area contributed by atoms with E-state index in [4.69, 9.17) is 11.6 Å². The van der Waals surface area contributed by atoms with Gasteiger partial charge >= 0.3 is 5.97 Å². The van der Waals surface area contributed by atoms with E-state index in [-0.39, 0.29) is 5.69 Å². The molecule has 0 fully saturated rings. The maximum absolute atomic E-state index is 12.9. The van der Waals surface area contributed by atoms with E-state index in [2.05, 4.69) is 15.0 Å². The Kier molecular flexibility index (Phi) is 3.57. The summed E-state index contributed by atoms with van der Waals surface area (Å²) >= 11 is 5.88. The normalized spacial score (nSPS) is 10.4. The second kappa shape index (κ2) is 5.14. The average molecular weight is 270 g/mol. The molecule has 18 heavy (non-hydrogen) atoms. The van der Waals surface area contributed by atoms with Crippen LogP contribution in [-0.2, 0) is 11.3 Å². The van der Waals surface area contributed by atoms with Gasteiger partial charge in [-0.05, 0) is 17.7 Å². The third kappa shape index (κ3) is 2.65. The second-order valence-electron chi connectivity index (χ2n) is 3.53. The number of halogens is 2. The molecule has 1 heterocycles. The number of hydrogen-bond donors (Lipinski definition) is 0. The van der Waals surface area contributed by atoms with Gasteiger partial charge in [-0.3, -0.25) is 0 Å². The van der Waals surface area contributed by atoms with E-state index < -0.39 is 11.8 Å². The number of nitrogens with zero attached hydrogens (tertiary/aromatic N) is 3. The SMILES string of the molecule is COC(=O)c1cn(Cc2ccc(F)cc2Cl)nn1. The Morgan fingerprint density at radius 1 is 1.56 bits per heavy atom. The van der Waals surface area contributed by atoms with Crippen LogP contribution < -0.4 is 0 Å². The van der Waals surface area contributed by atoms with Crippen LogP contribution in [0.2, 0.25) is 5.02 Å². The Bertz CT molecular complexity index is 585. The van der Waals surface area contributed by atoms with Crippen LogP contribution in [0.5, 0.6) is 0 Å². The Morgan fingerprint density at radius 3 is 3.00 bits per heavy atom. The first-order chi connectivity index (χ1) is 8.60. The lowest BCUT2D eigenvalue weighted by atomic mass is 10.2. The minimum Gasteiger partial charge on any atom is -0.464 e. The van der Waals surface area contributed by atoms with E-state index in [1.807, 2.05) is 0 Å². The first kappa shape index (κ1) is 12.5. The zero-order valence-corrected chi connectivity index (χ0v) is 10.2. The van der Waals surface area contributed by atoms with Crippen molar-refractivity contribution in [3.63, 3.8) is 0 Å². The van der Waals surface area contributed by atoms with E-state index in [1.54, 1.807) is 6.07 Å². The number of esters is 1. The lowest BCUT2D eigenvalue weighted by molar-refractivity contribution is 0.0594. The van der Waals surface area contributed by atoms with Crippen molar-refractivity contribution < 1.29 is 13.9 Å². The highest BCUT2D eigenvalue weighted by atomic mass is 35.5. The van der Waals surface area contributed by atoms with Crippen LogP contribution in [0.1, 0.15) is 16.1 Å². The van der Waals surface area contributed by atoms with Crippen molar-refractivity contribution in [1.82, 2.24) is 15.0 Å². The summed E-state index contributed by atoms with van der Waals surface area (Å²) in [6.07, 6.45) is 1.44. The molecule has 0 amide bonds. The molecule has 2 aromatic rings.